The van der Waals surface area contributed by atoms with Gasteiger partial charge in [0.25, 0.3) is 5.91 Å². The van der Waals surface area contributed by atoms with E-state index in [1.165, 1.54) is 4.68 Å². The molecule has 1 N–H and O–H groups in total. The molecule has 0 radical (unpaired) electrons. The standard InChI is InChI=1S/C14H18FN5O2/c1-2-10-16-5-7-19(10)6-3-4-17-13(21)12-11(15)14-20(18-12)8-9-22-14/h5,7H,2-4,6,8-9H2,1H3,(H,17,21). The van der Waals surface area contributed by atoms with Gasteiger partial charge >= 0.3 is 0 Å². The third-order valence-corrected chi connectivity index (χ3v) is 3.59. The van der Waals surface area contributed by atoms with Crippen molar-refractivity contribution in [3.8, 4) is 5.88 Å². The first-order valence-electron chi connectivity index (χ1n) is 7.38. The molecule has 0 saturated heterocycles. The fourth-order valence-corrected chi connectivity index (χ4v) is 2.48. The Balaban J connectivity index is 1.51. The number of imidazole rings is 1. The van der Waals surface area contributed by atoms with Gasteiger partial charge in [-0.25, -0.2) is 9.67 Å². The second kappa shape index (κ2) is 6.17. The maximum Gasteiger partial charge on any atom is 0.275 e. The zero-order valence-electron chi connectivity index (χ0n) is 12.4. The predicted molar refractivity (Wildman–Crippen MR) is 76.2 cm³/mol. The van der Waals surface area contributed by atoms with Crippen LogP contribution in [0.3, 0.4) is 0 Å². The molecule has 3 heterocycles. The van der Waals surface area contributed by atoms with Crippen LogP contribution in [0.1, 0.15) is 29.7 Å². The second-order valence-corrected chi connectivity index (χ2v) is 5.04. The number of ether oxygens (including phenoxy) is 1. The average Bonchev–Trinajstić information content (AvgIpc) is 3.21. The number of nitrogens with zero attached hydrogens (tertiary/aromatic N) is 4. The van der Waals surface area contributed by atoms with Gasteiger partial charge in [-0.1, -0.05) is 6.92 Å². The Labute approximate surface area is 127 Å². The maximum atomic E-state index is 13.9. The van der Waals surface area contributed by atoms with Gasteiger partial charge in [-0.15, -0.1) is 0 Å². The highest BCUT2D eigenvalue weighted by Crippen LogP contribution is 2.24. The van der Waals surface area contributed by atoms with Crippen LogP contribution in [-0.2, 0) is 19.5 Å². The Morgan fingerprint density at radius 3 is 3.18 bits per heavy atom. The first-order chi connectivity index (χ1) is 10.7. The largest absolute Gasteiger partial charge is 0.474 e. The predicted octanol–water partition coefficient (Wildman–Crippen LogP) is 0.994. The minimum absolute atomic E-state index is 0.0520. The highest BCUT2D eigenvalue weighted by molar-refractivity contribution is 5.92. The maximum absolute atomic E-state index is 13.9. The summed E-state index contributed by atoms with van der Waals surface area (Å²) in [7, 11) is 0. The Morgan fingerprint density at radius 1 is 1.55 bits per heavy atom. The van der Waals surface area contributed by atoms with E-state index in [0.29, 0.717) is 19.7 Å². The number of carbonyl (C=O) groups is 1. The van der Waals surface area contributed by atoms with E-state index in [1.807, 2.05) is 17.7 Å². The van der Waals surface area contributed by atoms with Gasteiger partial charge in [0.2, 0.25) is 11.7 Å². The summed E-state index contributed by atoms with van der Waals surface area (Å²) in [6, 6.07) is 0. The number of fused-ring (bicyclic) bond motifs is 1. The van der Waals surface area contributed by atoms with Crippen LogP contribution < -0.4 is 10.1 Å². The third-order valence-electron chi connectivity index (χ3n) is 3.59. The summed E-state index contributed by atoms with van der Waals surface area (Å²) in [6.45, 7) is 4.12. The molecule has 118 valence electrons. The summed E-state index contributed by atoms with van der Waals surface area (Å²) >= 11 is 0. The van der Waals surface area contributed by atoms with Gasteiger partial charge in [-0.05, 0) is 6.42 Å². The molecule has 2 aromatic heterocycles. The van der Waals surface area contributed by atoms with Crippen LogP contribution in [0.5, 0.6) is 5.88 Å². The van der Waals surface area contributed by atoms with Crippen molar-refractivity contribution in [1.82, 2.24) is 24.6 Å². The van der Waals surface area contributed by atoms with Gasteiger partial charge in [0, 0.05) is 31.9 Å². The molecule has 0 unspecified atom stereocenters. The number of amides is 1. The first kappa shape index (κ1) is 14.6. The number of halogens is 1. The monoisotopic (exact) mass is 307 g/mol. The fraction of sp³-hybridized carbons (Fsp3) is 0.500. The average molecular weight is 307 g/mol. The molecule has 0 saturated carbocycles. The minimum atomic E-state index is -0.683. The SMILES string of the molecule is CCc1nccn1CCCNC(=O)c1nn2c(c1F)OCC2. The summed E-state index contributed by atoms with van der Waals surface area (Å²) in [5.74, 6) is -0.126. The van der Waals surface area contributed by atoms with Crippen molar-refractivity contribution in [2.24, 2.45) is 0 Å². The quantitative estimate of drug-likeness (QED) is 0.808. The molecule has 1 aliphatic rings. The van der Waals surface area contributed by atoms with Crippen LogP contribution in [-0.4, -0.2) is 38.4 Å². The summed E-state index contributed by atoms with van der Waals surface area (Å²) in [5.41, 5.74) is -0.202. The molecule has 8 heteroatoms. The molecular weight excluding hydrogens is 289 g/mol. The molecule has 3 rings (SSSR count). The molecule has 2 aromatic rings. The van der Waals surface area contributed by atoms with Crippen LogP contribution in [0.2, 0.25) is 0 Å². The van der Waals surface area contributed by atoms with Crippen molar-refractivity contribution in [1.29, 1.82) is 0 Å². The van der Waals surface area contributed by atoms with Crippen LogP contribution >= 0.6 is 0 Å². The van der Waals surface area contributed by atoms with E-state index < -0.39 is 11.7 Å². The second-order valence-electron chi connectivity index (χ2n) is 5.04. The molecule has 0 atom stereocenters. The molecule has 0 aliphatic carbocycles. The number of aryl methyl sites for hydroxylation is 2. The smallest absolute Gasteiger partial charge is 0.275 e. The zero-order valence-corrected chi connectivity index (χ0v) is 12.4. The van der Waals surface area contributed by atoms with E-state index in [4.69, 9.17) is 4.74 Å². The van der Waals surface area contributed by atoms with Gasteiger partial charge in [-0.3, -0.25) is 4.79 Å². The number of carbonyl (C=O) groups excluding carboxylic acids is 1. The van der Waals surface area contributed by atoms with E-state index in [0.717, 1.165) is 25.2 Å². The number of hydrogen-bond acceptors (Lipinski definition) is 4. The summed E-state index contributed by atoms with van der Waals surface area (Å²) in [5, 5.41) is 6.62. The van der Waals surface area contributed by atoms with E-state index in [9.17, 15) is 9.18 Å². The van der Waals surface area contributed by atoms with E-state index in [-0.39, 0.29) is 11.6 Å². The first-order valence-corrected chi connectivity index (χ1v) is 7.38. The summed E-state index contributed by atoms with van der Waals surface area (Å²) in [6.07, 6.45) is 5.28. The van der Waals surface area contributed by atoms with Crippen molar-refractivity contribution in [2.45, 2.75) is 32.9 Å². The minimum Gasteiger partial charge on any atom is -0.474 e. The molecule has 7 nitrogen and oxygen atoms in total. The van der Waals surface area contributed by atoms with Crippen LogP contribution in [0.15, 0.2) is 12.4 Å². The highest BCUT2D eigenvalue weighted by atomic mass is 19.1. The number of rotatable bonds is 6. The van der Waals surface area contributed by atoms with Crippen molar-refractivity contribution in [3.63, 3.8) is 0 Å². The summed E-state index contributed by atoms with van der Waals surface area (Å²) in [4.78, 5) is 16.2. The molecule has 0 bridgehead atoms. The Hall–Kier alpha value is -2.38. The van der Waals surface area contributed by atoms with Crippen molar-refractivity contribution >= 4 is 5.91 Å². The van der Waals surface area contributed by atoms with Gasteiger partial charge in [0.15, 0.2) is 5.69 Å². The topological polar surface area (TPSA) is 74.0 Å². The van der Waals surface area contributed by atoms with Crippen molar-refractivity contribution in [3.05, 3.63) is 29.7 Å². The fourth-order valence-electron chi connectivity index (χ4n) is 2.48. The van der Waals surface area contributed by atoms with Gasteiger partial charge in [0.05, 0.1) is 6.54 Å². The van der Waals surface area contributed by atoms with Gasteiger partial charge < -0.3 is 14.6 Å². The lowest BCUT2D eigenvalue weighted by Gasteiger charge is -2.07. The lowest BCUT2D eigenvalue weighted by molar-refractivity contribution is 0.0942. The number of aromatic nitrogens is 4. The molecule has 0 spiro atoms. The molecule has 0 fully saturated rings. The van der Waals surface area contributed by atoms with E-state index >= 15 is 0 Å². The molecule has 0 aromatic carbocycles. The van der Waals surface area contributed by atoms with E-state index in [1.54, 1.807) is 6.20 Å². The highest BCUT2D eigenvalue weighted by Gasteiger charge is 2.27. The van der Waals surface area contributed by atoms with E-state index in [2.05, 4.69) is 15.4 Å². The summed E-state index contributed by atoms with van der Waals surface area (Å²) < 4.78 is 22.5. The Morgan fingerprint density at radius 2 is 2.41 bits per heavy atom. The van der Waals surface area contributed by atoms with Gasteiger partial charge in [0.1, 0.15) is 12.4 Å². The zero-order chi connectivity index (χ0) is 15.5. The molecule has 1 amide bonds. The van der Waals surface area contributed by atoms with Gasteiger partial charge in [-0.2, -0.15) is 9.49 Å². The van der Waals surface area contributed by atoms with Crippen LogP contribution in [0.4, 0.5) is 4.39 Å². The molecular formula is C14H18FN5O2. The normalized spacial score (nSPS) is 13.0. The van der Waals surface area contributed by atoms with Crippen LogP contribution in [0.25, 0.3) is 0 Å². The van der Waals surface area contributed by atoms with Crippen molar-refractivity contribution < 1.29 is 13.9 Å². The number of hydrogen-bond donors (Lipinski definition) is 1. The lowest BCUT2D eigenvalue weighted by atomic mass is 10.3. The van der Waals surface area contributed by atoms with Crippen molar-refractivity contribution in [2.75, 3.05) is 13.2 Å². The Bertz CT molecular complexity index is 679. The Kier molecular flexibility index (Phi) is 4.08. The number of nitrogens with one attached hydrogen (secondary N) is 1. The van der Waals surface area contributed by atoms with Crippen LogP contribution in [0, 0.1) is 5.82 Å². The molecule has 22 heavy (non-hydrogen) atoms. The molecule has 1 aliphatic heterocycles. The lowest BCUT2D eigenvalue weighted by Crippen LogP contribution is -2.27. The third kappa shape index (κ3) is 2.68.